The van der Waals surface area contributed by atoms with Gasteiger partial charge in [-0.05, 0) is 24.3 Å². The molecule has 0 amide bonds. The zero-order valence-electron chi connectivity index (χ0n) is 10.6. The maximum atomic E-state index is 5.72. The number of hydrogen-bond acceptors (Lipinski definition) is 3. The Morgan fingerprint density at radius 1 is 0.789 bits per heavy atom. The molecule has 2 aromatic carbocycles. The highest BCUT2D eigenvalue weighted by molar-refractivity contribution is 5.22. The molecule has 3 rings (SSSR count). The molecular formula is C16H16O3. The van der Waals surface area contributed by atoms with Crippen LogP contribution in [-0.4, -0.2) is 25.4 Å². The summed E-state index contributed by atoms with van der Waals surface area (Å²) in [6.07, 6.45) is 0. The minimum absolute atomic E-state index is 0.286. The summed E-state index contributed by atoms with van der Waals surface area (Å²) < 4.78 is 16.9. The van der Waals surface area contributed by atoms with Gasteiger partial charge in [-0.25, -0.2) is 0 Å². The van der Waals surface area contributed by atoms with Crippen molar-refractivity contribution in [2.45, 2.75) is 5.60 Å². The van der Waals surface area contributed by atoms with Crippen LogP contribution >= 0.6 is 0 Å². The van der Waals surface area contributed by atoms with Crippen LogP contribution in [0, 0.1) is 0 Å². The minimum atomic E-state index is -0.286. The molecule has 0 spiro atoms. The molecule has 0 N–H and O–H groups in total. The lowest BCUT2D eigenvalue weighted by Crippen LogP contribution is -2.29. The molecule has 0 aliphatic carbocycles. The number of para-hydroxylation sites is 2. The third-order valence-corrected chi connectivity index (χ3v) is 3.04. The molecule has 0 aromatic heterocycles. The van der Waals surface area contributed by atoms with Crippen molar-refractivity contribution >= 4 is 0 Å². The first-order valence-corrected chi connectivity index (χ1v) is 6.36. The second-order valence-corrected chi connectivity index (χ2v) is 4.68. The van der Waals surface area contributed by atoms with Crippen molar-refractivity contribution in [3.05, 3.63) is 60.7 Å². The number of ether oxygens (including phenoxy) is 3. The molecule has 1 aliphatic rings. The van der Waals surface area contributed by atoms with E-state index < -0.39 is 0 Å². The Balaban J connectivity index is 1.50. The van der Waals surface area contributed by atoms with Crippen molar-refractivity contribution in [2.24, 2.45) is 0 Å². The predicted octanol–water partition coefficient (Wildman–Crippen LogP) is 2.91. The lowest BCUT2D eigenvalue weighted by molar-refractivity contribution is 0.130. The monoisotopic (exact) mass is 256 g/mol. The van der Waals surface area contributed by atoms with Gasteiger partial charge in [0.2, 0.25) is 0 Å². The first-order chi connectivity index (χ1) is 9.36. The topological polar surface area (TPSA) is 31.0 Å². The van der Waals surface area contributed by atoms with Crippen molar-refractivity contribution in [2.75, 3.05) is 19.8 Å². The van der Waals surface area contributed by atoms with E-state index in [1.165, 1.54) is 0 Å². The van der Waals surface area contributed by atoms with Crippen molar-refractivity contribution in [1.29, 1.82) is 0 Å². The number of epoxide rings is 1. The van der Waals surface area contributed by atoms with Gasteiger partial charge in [0.15, 0.2) is 5.60 Å². The SMILES string of the molecule is c1ccc(OCC2(COc3ccccc3)CO2)cc1. The van der Waals surface area contributed by atoms with Gasteiger partial charge in [0.1, 0.15) is 24.7 Å². The third kappa shape index (κ3) is 3.26. The molecule has 2 aromatic rings. The standard InChI is InChI=1S/C16H16O3/c1-3-7-14(8-4-1)17-11-16(13-19-16)12-18-15-9-5-2-6-10-15/h1-10H,11-13H2. The van der Waals surface area contributed by atoms with Crippen LogP contribution in [0.5, 0.6) is 11.5 Å². The molecule has 1 fully saturated rings. The Hall–Kier alpha value is -2.00. The van der Waals surface area contributed by atoms with Crippen LogP contribution < -0.4 is 9.47 Å². The van der Waals surface area contributed by atoms with Gasteiger partial charge in [0, 0.05) is 0 Å². The third-order valence-electron chi connectivity index (χ3n) is 3.04. The van der Waals surface area contributed by atoms with Crippen molar-refractivity contribution in [3.63, 3.8) is 0 Å². The van der Waals surface area contributed by atoms with Crippen LogP contribution in [0.3, 0.4) is 0 Å². The van der Waals surface area contributed by atoms with Gasteiger partial charge >= 0.3 is 0 Å². The van der Waals surface area contributed by atoms with Gasteiger partial charge in [-0.15, -0.1) is 0 Å². The number of rotatable bonds is 6. The normalized spacial score (nSPS) is 15.8. The molecule has 1 heterocycles. The van der Waals surface area contributed by atoms with E-state index in [1.807, 2.05) is 60.7 Å². The Kier molecular flexibility index (Phi) is 3.38. The van der Waals surface area contributed by atoms with Gasteiger partial charge in [-0.3, -0.25) is 0 Å². The predicted molar refractivity (Wildman–Crippen MR) is 72.6 cm³/mol. The Morgan fingerprint density at radius 2 is 1.21 bits per heavy atom. The summed E-state index contributed by atoms with van der Waals surface area (Å²) in [6, 6.07) is 19.5. The van der Waals surface area contributed by atoms with Crippen LogP contribution in [0.25, 0.3) is 0 Å². The maximum Gasteiger partial charge on any atom is 0.159 e. The van der Waals surface area contributed by atoms with Gasteiger partial charge in [-0.1, -0.05) is 36.4 Å². The minimum Gasteiger partial charge on any atom is -0.490 e. The molecule has 3 heteroatoms. The van der Waals surface area contributed by atoms with Crippen molar-refractivity contribution < 1.29 is 14.2 Å². The van der Waals surface area contributed by atoms with E-state index in [0.29, 0.717) is 19.8 Å². The molecule has 1 aliphatic heterocycles. The first-order valence-electron chi connectivity index (χ1n) is 6.36. The summed E-state index contributed by atoms with van der Waals surface area (Å²) in [5, 5.41) is 0. The lowest BCUT2D eigenvalue weighted by Gasteiger charge is -2.14. The van der Waals surface area contributed by atoms with Crippen LogP contribution in [0.2, 0.25) is 0 Å². The van der Waals surface area contributed by atoms with E-state index in [9.17, 15) is 0 Å². The molecule has 0 saturated carbocycles. The molecule has 0 bridgehead atoms. The van der Waals surface area contributed by atoms with Crippen LogP contribution in [0.4, 0.5) is 0 Å². The Labute approximate surface area is 112 Å². The highest BCUT2D eigenvalue weighted by Gasteiger charge is 2.47. The van der Waals surface area contributed by atoms with Crippen molar-refractivity contribution in [3.8, 4) is 11.5 Å². The van der Waals surface area contributed by atoms with E-state index in [4.69, 9.17) is 14.2 Å². The average Bonchev–Trinajstić information content (AvgIpc) is 3.26. The zero-order chi connectivity index (χ0) is 13.0. The largest absolute Gasteiger partial charge is 0.490 e. The molecule has 98 valence electrons. The van der Waals surface area contributed by atoms with Gasteiger partial charge < -0.3 is 14.2 Å². The van der Waals surface area contributed by atoms with E-state index in [0.717, 1.165) is 11.5 Å². The second kappa shape index (κ2) is 5.33. The first kappa shape index (κ1) is 12.1. The summed E-state index contributed by atoms with van der Waals surface area (Å²) in [5.74, 6) is 1.72. The molecule has 0 radical (unpaired) electrons. The Bertz CT molecular complexity index is 461. The fraction of sp³-hybridized carbons (Fsp3) is 0.250. The average molecular weight is 256 g/mol. The van der Waals surface area contributed by atoms with Crippen LogP contribution in [-0.2, 0) is 4.74 Å². The number of benzene rings is 2. The van der Waals surface area contributed by atoms with E-state index in [2.05, 4.69) is 0 Å². The fourth-order valence-corrected chi connectivity index (χ4v) is 1.77. The van der Waals surface area contributed by atoms with Gasteiger partial charge in [0.25, 0.3) is 0 Å². The molecular weight excluding hydrogens is 240 g/mol. The van der Waals surface area contributed by atoms with Crippen molar-refractivity contribution in [1.82, 2.24) is 0 Å². The molecule has 19 heavy (non-hydrogen) atoms. The summed E-state index contributed by atoms with van der Waals surface area (Å²) in [7, 11) is 0. The summed E-state index contributed by atoms with van der Waals surface area (Å²) in [4.78, 5) is 0. The smallest absolute Gasteiger partial charge is 0.159 e. The summed E-state index contributed by atoms with van der Waals surface area (Å²) >= 11 is 0. The van der Waals surface area contributed by atoms with E-state index in [1.54, 1.807) is 0 Å². The molecule has 1 saturated heterocycles. The van der Waals surface area contributed by atoms with Gasteiger partial charge in [-0.2, -0.15) is 0 Å². The lowest BCUT2D eigenvalue weighted by atomic mass is 10.2. The van der Waals surface area contributed by atoms with Crippen LogP contribution in [0.1, 0.15) is 0 Å². The summed E-state index contributed by atoms with van der Waals surface area (Å²) in [6.45, 7) is 1.72. The van der Waals surface area contributed by atoms with Crippen LogP contribution in [0.15, 0.2) is 60.7 Å². The zero-order valence-corrected chi connectivity index (χ0v) is 10.6. The highest BCUT2D eigenvalue weighted by atomic mass is 16.6. The maximum absolute atomic E-state index is 5.72. The quantitative estimate of drug-likeness (QED) is 0.745. The van der Waals surface area contributed by atoms with Gasteiger partial charge in [0.05, 0.1) is 6.61 Å². The fourth-order valence-electron chi connectivity index (χ4n) is 1.77. The van der Waals surface area contributed by atoms with E-state index >= 15 is 0 Å². The second-order valence-electron chi connectivity index (χ2n) is 4.68. The number of hydrogen-bond donors (Lipinski definition) is 0. The Morgan fingerprint density at radius 3 is 1.58 bits per heavy atom. The van der Waals surface area contributed by atoms with E-state index in [-0.39, 0.29) is 5.60 Å². The summed E-state index contributed by atoms with van der Waals surface area (Å²) in [5.41, 5.74) is -0.286. The molecule has 0 unspecified atom stereocenters. The molecule has 3 nitrogen and oxygen atoms in total. The highest BCUT2D eigenvalue weighted by Crippen LogP contribution is 2.29. The molecule has 0 atom stereocenters.